The van der Waals surface area contributed by atoms with Crippen LogP contribution in [0.3, 0.4) is 0 Å². The number of Topliss-reactive ketones (excluding diaryl/α,β-unsaturated/α-hetero) is 1. The normalized spacial score (nSPS) is 18.1. The van der Waals surface area contributed by atoms with Crippen molar-refractivity contribution in [3.05, 3.63) is 82.6 Å². The summed E-state index contributed by atoms with van der Waals surface area (Å²) in [4.78, 5) is 31.2. The molecule has 6 nitrogen and oxygen atoms in total. The van der Waals surface area contributed by atoms with Crippen LogP contribution in [0.4, 0.5) is 9.52 Å². The van der Waals surface area contributed by atoms with E-state index < -0.39 is 23.5 Å². The van der Waals surface area contributed by atoms with Gasteiger partial charge in [0.05, 0.1) is 17.7 Å². The van der Waals surface area contributed by atoms with Gasteiger partial charge >= 0.3 is 5.91 Å². The number of halogens is 1. The monoisotopic (exact) mass is 438 g/mol. The van der Waals surface area contributed by atoms with E-state index in [9.17, 15) is 19.1 Å². The number of ketones is 1. The summed E-state index contributed by atoms with van der Waals surface area (Å²) in [5, 5.41) is 13.0. The molecule has 0 bridgehead atoms. The van der Waals surface area contributed by atoms with E-state index in [4.69, 9.17) is 4.74 Å². The van der Waals surface area contributed by atoms with Crippen molar-refractivity contribution in [2.45, 2.75) is 26.0 Å². The van der Waals surface area contributed by atoms with Gasteiger partial charge in [0.1, 0.15) is 17.3 Å². The molecule has 158 valence electrons. The van der Waals surface area contributed by atoms with E-state index in [2.05, 4.69) is 4.98 Å². The topological polar surface area (TPSA) is 79.7 Å². The molecule has 1 saturated heterocycles. The Hall–Kier alpha value is -3.52. The lowest BCUT2D eigenvalue weighted by atomic mass is 9.95. The molecule has 8 heteroatoms. The van der Waals surface area contributed by atoms with Crippen LogP contribution >= 0.6 is 11.3 Å². The molecule has 2 aromatic carbocycles. The van der Waals surface area contributed by atoms with Crippen molar-refractivity contribution in [1.29, 1.82) is 0 Å². The van der Waals surface area contributed by atoms with Gasteiger partial charge in [-0.3, -0.25) is 14.5 Å². The predicted molar refractivity (Wildman–Crippen MR) is 116 cm³/mol. The third-order valence-corrected chi connectivity index (χ3v) is 5.53. The zero-order chi connectivity index (χ0) is 22.1. The number of aliphatic hydroxyl groups excluding tert-OH is 1. The fraction of sp³-hybridized carbons (Fsp3) is 0.174. The molecule has 3 aromatic rings. The number of ether oxygens (including phenoxy) is 1. The van der Waals surface area contributed by atoms with Gasteiger partial charge in [0.25, 0.3) is 5.78 Å². The van der Waals surface area contributed by atoms with Gasteiger partial charge in [0.2, 0.25) is 0 Å². The summed E-state index contributed by atoms with van der Waals surface area (Å²) in [6.45, 7) is 3.80. The molecule has 1 amide bonds. The molecular formula is C23H19FN2O4S. The Labute approximate surface area is 182 Å². The average Bonchev–Trinajstić information content (AvgIpc) is 3.35. The standard InChI is InChI=1S/C23H19FN2O4S/c1-13(2)30-17-9-5-15(6-10-17)20(27)18-19(14-3-7-16(24)8-4-14)26(22(29)21(18)28)23-25-11-12-31-23/h3-13,19,27H,1-2H3. The van der Waals surface area contributed by atoms with Gasteiger partial charge in [-0.05, 0) is 55.8 Å². The summed E-state index contributed by atoms with van der Waals surface area (Å²) < 4.78 is 19.1. The third kappa shape index (κ3) is 3.94. The van der Waals surface area contributed by atoms with Crippen molar-refractivity contribution in [3.63, 3.8) is 0 Å². The van der Waals surface area contributed by atoms with Crippen LogP contribution in [0.5, 0.6) is 5.75 Å². The quantitative estimate of drug-likeness (QED) is 0.355. The second-order valence-corrected chi connectivity index (χ2v) is 8.10. The number of rotatable bonds is 5. The number of carbonyl (C=O) groups is 2. The van der Waals surface area contributed by atoms with Crippen LogP contribution in [0.2, 0.25) is 0 Å². The number of aliphatic hydroxyl groups is 1. The lowest BCUT2D eigenvalue weighted by molar-refractivity contribution is -0.132. The molecule has 0 spiro atoms. The van der Waals surface area contributed by atoms with Gasteiger partial charge < -0.3 is 9.84 Å². The van der Waals surface area contributed by atoms with Crippen molar-refractivity contribution in [2.24, 2.45) is 0 Å². The van der Waals surface area contributed by atoms with E-state index in [1.54, 1.807) is 29.6 Å². The first-order valence-corrected chi connectivity index (χ1v) is 10.5. The summed E-state index contributed by atoms with van der Waals surface area (Å²) >= 11 is 1.19. The summed E-state index contributed by atoms with van der Waals surface area (Å²) in [5.41, 5.74) is 0.766. The van der Waals surface area contributed by atoms with E-state index in [0.29, 0.717) is 22.0 Å². The number of amides is 1. The molecule has 1 aliphatic rings. The Kier molecular flexibility index (Phi) is 5.56. The van der Waals surface area contributed by atoms with Crippen LogP contribution in [0.25, 0.3) is 5.76 Å². The lowest BCUT2D eigenvalue weighted by Gasteiger charge is -2.23. The maximum Gasteiger partial charge on any atom is 0.301 e. The molecule has 1 aliphatic heterocycles. The first kappa shape index (κ1) is 20.7. The Morgan fingerprint density at radius 1 is 1.13 bits per heavy atom. The summed E-state index contributed by atoms with van der Waals surface area (Å²) in [5.74, 6) is -1.78. The highest BCUT2D eigenvalue weighted by molar-refractivity contribution is 7.14. The number of carbonyl (C=O) groups excluding carboxylic acids is 2. The Morgan fingerprint density at radius 2 is 1.81 bits per heavy atom. The summed E-state index contributed by atoms with van der Waals surface area (Å²) in [6, 6.07) is 11.1. The molecule has 4 rings (SSSR count). The lowest BCUT2D eigenvalue weighted by Crippen LogP contribution is -2.29. The van der Waals surface area contributed by atoms with Crippen LogP contribution in [-0.4, -0.2) is 27.9 Å². The van der Waals surface area contributed by atoms with E-state index in [-0.39, 0.29) is 17.4 Å². The van der Waals surface area contributed by atoms with Crippen molar-refractivity contribution >= 4 is 33.9 Å². The minimum absolute atomic E-state index is 0.0125. The summed E-state index contributed by atoms with van der Waals surface area (Å²) in [7, 11) is 0. The maximum absolute atomic E-state index is 13.5. The van der Waals surface area contributed by atoms with Crippen molar-refractivity contribution in [3.8, 4) is 5.75 Å². The molecule has 0 saturated carbocycles. The minimum atomic E-state index is -0.932. The SMILES string of the molecule is CC(C)Oc1ccc(C(O)=C2C(=O)C(=O)N(c3nccs3)C2c2ccc(F)cc2)cc1. The number of nitrogens with zero attached hydrogens (tertiary/aromatic N) is 2. The smallest absolute Gasteiger partial charge is 0.301 e. The molecule has 1 unspecified atom stereocenters. The number of aromatic nitrogens is 1. The third-order valence-electron chi connectivity index (χ3n) is 4.76. The highest BCUT2D eigenvalue weighted by atomic mass is 32.1. The number of hydrogen-bond donors (Lipinski definition) is 1. The van der Waals surface area contributed by atoms with Crippen molar-refractivity contribution in [1.82, 2.24) is 4.98 Å². The van der Waals surface area contributed by atoms with Crippen LogP contribution in [0, 0.1) is 5.82 Å². The summed E-state index contributed by atoms with van der Waals surface area (Å²) in [6.07, 6.45) is 1.51. The fourth-order valence-electron chi connectivity index (χ4n) is 3.44. The zero-order valence-corrected chi connectivity index (χ0v) is 17.6. The van der Waals surface area contributed by atoms with Gasteiger partial charge in [-0.2, -0.15) is 0 Å². The highest BCUT2D eigenvalue weighted by Crippen LogP contribution is 2.42. The van der Waals surface area contributed by atoms with E-state index in [1.807, 2.05) is 13.8 Å². The number of hydrogen-bond acceptors (Lipinski definition) is 6. The number of thiazole rings is 1. The van der Waals surface area contributed by atoms with Crippen molar-refractivity contribution in [2.75, 3.05) is 4.90 Å². The van der Waals surface area contributed by atoms with Crippen LogP contribution < -0.4 is 9.64 Å². The number of benzene rings is 2. The average molecular weight is 438 g/mol. The molecule has 1 fully saturated rings. The van der Waals surface area contributed by atoms with E-state index >= 15 is 0 Å². The second-order valence-electron chi connectivity index (χ2n) is 7.23. The predicted octanol–water partition coefficient (Wildman–Crippen LogP) is 4.70. The Balaban J connectivity index is 1.84. The molecule has 1 atom stereocenters. The molecule has 2 heterocycles. The van der Waals surface area contributed by atoms with Gasteiger partial charge in [-0.25, -0.2) is 9.37 Å². The van der Waals surface area contributed by atoms with Crippen LogP contribution in [0.1, 0.15) is 31.0 Å². The van der Waals surface area contributed by atoms with Gasteiger partial charge in [0.15, 0.2) is 5.13 Å². The first-order valence-electron chi connectivity index (χ1n) is 9.60. The van der Waals surface area contributed by atoms with Crippen LogP contribution in [0.15, 0.2) is 65.7 Å². The van der Waals surface area contributed by atoms with E-state index in [0.717, 1.165) is 0 Å². The highest BCUT2D eigenvalue weighted by Gasteiger charge is 2.47. The molecule has 1 aromatic heterocycles. The zero-order valence-electron chi connectivity index (χ0n) is 16.8. The van der Waals surface area contributed by atoms with Gasteiger partial charge in [-0.1, -0.05) is 12.1 Å². The van der Waals surface area contributed by atoms with Gasteiger partial charge in [-0.15, -0.1) is 11.3 Å². The molecular weight excluding hydrogens is 419 g/mol. The number of anilines is 1. The van der Waals surface area contributed by atoms with Crippen molar-refractivity contribution < 1.29 is 23.8 Å². The van der Waals surface area contributed by atoms with Gasteiger partial charge in [0, 0.05) is 17.1 Å². The second kappa shape index (κ2) is 8.31. The Bertz CT molecular complexity index is 1140. The largest absolute Gasteiger partial charge is 0.507 e. The molecule has 1 N–H and O–H groups in total. The minimum Gasteiger partial charge on any atom is -0.507 e. The van der Waals surface area contributed by atoms with E-state index in [1.165, 1.54) is 46.7 Å². The first-order chi connectivity index (χ1) is 14.9. The molecule has 0 radical (unpaired) electrons. The Morgan fingerprint density at radius 3 is 2.39 bits per heavy atom. The fourth-order valence-corrected chi connectivity index (χ4v) is 4.11. The molecule has 31 heavy (non-hydrogen) atoms. The maximum atomic E-state index is 13.5. The van der Waals surface area contributed by atoms with Crippen LogP contribution in [-0.2, 0) is 9.59 Å². The molecule has 0 aliphatic carbocycles.